The highest BCUT2D eigenvalue weighted by molar-refractivity contribution is 6.06. The number of aryl methyl sites for hydroxylation is 1. The molecule has 0 aliphatic carbocycles. The molecule has 0 atom stereocenters. The average Bonchev–Trinajstić information content (AvgIpc) is 2.91. The Morgan fingerprint density at radius 3 is 2.29 bits per heavy atom. The van der Waals surface area contributed by atoms with Gasteiger partial charge in [-0.25, -0.2) is 4.79 Å². The van der Waals surface area contributed by atoms with Crippen LogP contribution in [0.25, 0.3) is 10.9 Å². The van der Waals surface area contributed by atoms with E-state index < -0.39 is 5.97 Å². The molecule has 0 unspecified atom stereocenters. The van der Waals surface area contributed by atoms with Crippen LogP contribution in [0.5, 0.6) is 5.75 Å². The van der Waals surface area contributed by atoms with Crippen LogP contribution in [0.1, 0.15) is 33.2 Å². The van der Waals surface area contributed by atoms with Crippen molar-refractivity contribution >= 4 is 28.5 Å². The molecule has 1 aromatic heterocycles. The Balaban J connectivity index is 1.72. The monoisotopic (exact) mass is 520 g/mol. The summed E-state index contributed by atoms with van der Waals surface area (Å²) in [7, 11) is 5.49. The van der Waals surface area contributed by atoms with E-state index in [1.165, 1.54) is 0 Å². The fraction of sp³-hybridized carbons (Fsp3) is 0.414. The molecule has 1 aliphatic rings. The molecule has 2 aromatic carbocycles. The van der Waals surface area contributed by atoms with Gasteiger partial charge in [0.1, 0.15) is 11.3 Å². The summed E-state index contributed by atoms with van der Waals surface area (Å²) in [6.45, 7) is 6.89. The van der Waals surface area contributed by atoms with Gasteiger partial charge in [0.15, 0.2) is 0 Å². The standard InChI is InChI=1S/C29H36N4O5/c1-6-38-29(36)25-26(23-19-20(2)7-12-24(23)33(28(25)35)18-13-30(3)4)31-14-16-32(17-15-31)27(34)21-8-10-22(37-5)11-9-21/h7-12,19H,6,13-18H2,1-5H3. The lowest BCUT2D eigenvalue weighted by molar-refractivity contribution is 0.0523. The number of fused-ring (bicyclic) bond motifs is 1. The molecule has 0 saturated carbocycles. The fourth-order valence-corrected chi connectivity index (χ4v) is 4.84. The number of piperazine rings is 1. The van der Waals surface area contributed by atoms with E-state index in [1.807, 2.05) is 49.0 Å². The van der Waals surface area contributed by atoms with Crippen molar-refractivity contribution in [3.8, 4) is 5.75 Å². The van der Waals surface area contributed by atoms with E-state index in [0.29, 0.717) is 56.3 Å². The van der Waals surface area contributed by atoms with Crippen LogP contribution < -0.4 is 15.2 Å². The molecule has 38 heavy (non-hydrogen) atoms. The summed E-state index contributed by atoms with van der Waals surface area (Å²) in [4.78, 5) is 46.0. The number of likely N-dealkylation sites (N-methyl/N-ethyl adjacent to an activating group) is 1. The number of aromatic nitrogens is 1. The highest BCUT2D eigenvalue weighted by atomic mass is 16.5. The number of pyridine rings is 1. The minimum atomic E-state index is -0.619. The number of benzene rings is 2. The number of esters is 1. The molecule has 4 rings (SSSR count). The van der Waals surface area contributed by atoms with E-state index >= 15 is 0 Å². The van der Waals surface area contributed by atoms with Crippen LogP contribution in [0.4, 0.5) is 5.69 Å². The molecule has 1 saturated heterocycles. The van der Waals surface area contributed by atoms with E-state index in [-0.39, 0.29) is 23.6 Å². The smallest absolute Gasteiger partial charge is 0.345 e. The third-order valence-corrected chi connectivity index (χ3v) is 6.86. The van der Waals surface area contributed by atoms with Gasteiger partial charge in [-0.3, -0.25) is 9.59 Å². The second kappa shape index (κ2) is 11.7. The maximum Gasteiger partial charge on any atom is 0.345 e. The molecule has 0 N–H and O–H groups in total. The number of carbonyl (C=O) groups is 2. The van der Waals surface area contributed by atoms with Crippen molar-refractivity contribution in [3.63, 3.8) is 0 Å². The molecule has 1 aliphatic heterocycles. The summed E-state index contributed by atoms with van der Waals surface area (Å²) >= 11 is 0. The Morgan fingerprint density at radius 1 is 1.00 bits per heavy atom. The van der Waals surface area contributed by atoms with Crippen LogP contribution in [0.15, 0.2) is 47.3 Å². The first-order valence-corrected chi connectivity index (χ1v) is 12.9. The third kappa shape index (κ3) is 5.52. The lowest BCUT2D eigenvalue weighted by Crippen LogP contribution is -2.49. The quantitative estimate of drug-likeness (QED) is 0.422. The zero-order valence-corrected chi connectivity index (χ0v) is 22.8. The van der Waals surface area contributed by atoms with Gasteiger partial charge in [-0.15, -0.1) is 0 Å². The van der Waals surface area contributed by atoms with Crippen LogP contribution in [0.3, 0.4) is 0 Å². The summed E-state index contributed by atoms with van der Waals surface area (Å²) < 4.78 is 12.2. The Hall–Kier alpha value is -3.85. The number of hydrogen-bond donors (Lipinski definition) is 0. The molecule has 0 radical (unpaired) electrons. The maximum atomic E-state index is 13.8. The molecule has 9 heteroatoms. The van der Waals surface area contributed by atoms with Crippen LogP contribution in [-0.2, 0) is 11.3 Å². The summed E-state index contributed by atoms with van der Waals surface area (Å²) in [6, 6.07) is 13.0. The minimum absolute atomic E-state index is 0.0543. The zero-order chi connectivity index (χ0) is 27.4. The van der Waals surface area contributed by atoms with Gasteiger partial charge in [-0.05, 0) is 64.3 Å². The van der Waals surface area contributed by atoms with Crippen LogP contribution in [-0.4, -0.2) is 86.8 Å². The molecule has 2 heterocycles. The second-order valence-corrected chi connectivity index (χ2v) is 9.73. The van der Waals surface area contributed by atoms with Crippen LogP contribution >= 0.6 is 0 Å². The summed E-state index contributed by atoms with van der Waals surface area (Å²) in [5.41, 5.74) is 2.69. The third-order valence-electron chi connectivity index (χ3n) is 6.86. The van der Waals surface area contributed by atoms with Crippen molar-refractivity contribution in [1.82, 2.24) is 14.4 Å². The first-order chi connectivity index (χ1) is 18.2. The van der Waals surface area contributed by atoms with Crippen molar-refractivity contribution in [2.75, 3.05) is 65.4 Å². The predicted octanol–water partition coefficient (Wildman–Crippen LogP) is 3.02. The number of carbonyl (C=O) groups excluding carboxylic acids is 2. The van der Waals surface area contributed by atoms with Gasteiger partial charge < -0.3 is 28.7 Å². The molecule has 0 spiro atoms. The summed E-state index contributed by atoms with van der Waals surface area (Å²) in [5.74, 6) is 0.0179. The maximum absolute atomic E-state index is 13.8. The van der Waals surface area contributed by atoms with Crippen molar-refractivity contribution < 1.29 is 19.1 Å². The average molecular weight is 521 g/mol. The van der Waals surface area contributed by atoms with Gasteiger partial charge in [0.2, 0.25) is 0 Å². The molecule has 202 valence electrons. The largest absolute Gasteiger partial charge is 0.497 e. The number of ether oxygens (including phenoxy) is 2. The Kier molecular flexibility index (Phi) is 8.36. The number of anilines is 1. The van der Waals surface area contributed by atoms with Crippen LogP contribution in [0, 0.1) is 6.92 Å². The summed E-state index contributed by atoms with van der Waals surface area (Å²) in [5, 5.41) is 0.835. The number of hydrogen-bond acceptors (Lipinski definition) is 7. The van der Waals surface area contributed by atoms with E-state index in [0.717, 1.165) is 16.5 Å². The van der Waals surface area contributed by atoms with Gasteiger partial charge in [0, 0.05) is 50.2 Å². The van der Waals surface area contributed by atoms with E-state index in [1.54, 1.807) is 47.8 Å². The lowest BCUT2D eigenvalue weighted by Gasteiger charge is -2.37. The molecule has 3 aromatic rings. The van der Waals surface area contributed by atoms with Crippen molar-refractivity contribution in [2.45, 2.75) is 20.4 Å². The van der Waals surface area contributed by atoms with Gasteiger partial charge in [0.05, 0.1) is 24.9 Å². The zero-order valence-electron chi connectivity index (χ0n) is 22.8. The molecule has 9 nitrogen and oxygen atoms in total. The Morgan fingerprint density at radius 2 is 1.68 bits per heavy atom. The number of nitrogens with zero attached hydrogens (tertiary/aromatic N) is 4. The fourth-order valence-electron chi connectivity index (χ4n) is 4.84. The van der Waals surface area contributed by atoms with Gasteiger partial charge >= 0.3 is 5.97 Å². The second-order valence-electron chi connectivity index (χ2n) is 9.73. The SMILES string of the molecule is CCOC(=O)c1c(N2CCN(C(=O)c3ccc(OC)cc3)CC2)c2cc(C)ccc2n(CCN(C)C)c1=O. The van der Waals surface area contributed by atoms with E-state index in [9.17, 15) is 14.4 Å². The van der Waals surface area contributed by atoms with Gasteiger partial charge in [-0.2, -0.15) is 0 Å². The first-order valence-electron chi connectivity index (χ1n) is 12.9. The Bertz CT molecular complexity index is 1370. The van der Waals surface area contributed by atoms with E-state index in [4.69, 9.17) is 9.47 Å². The molecular weight excluding hydrogens is 484 g/mol. The van der Waals surface area contributed by atoms with Crippen molar-refractivity contribution in [3.05, 3.63) is 69.5 Å². The van der Waals surface area contributed by atoms with Crippen molar-refractivity contribution in [1.29, 1.82) is 0 Å². The Labute approximate surface area is 223 Å². The lowest BCUT2D eigenvalue weighted by atomic mass is 10.0. The minimum Gasteiger partial charge on any atom is -0.497 e. The highest BCUT2D eigenvalue weighted by Crippen LogP contribution is 2.31. The number of methoxy groups -OCH3 is 1. The van der Waals surface area contributed by atoms with Crippen molar-refractivity contribution in [2.24, 2.45) is 0 Å². The van der Waals surface area contributed by atoms with E-state index in [2.05, 4.69) is 0 Å². The van der Waals surface area contributed by atoms with Crippen LogP contribution in [0.2, 0.25) is 0 Å². The summed E-state index contributed by atoms with van der Waals surface area (Å²) in [6.07, 6.45) is 0. The normalized spacial score (nSPS) is 13.7. The van der Waals surface area contributed by atoms with Gasteiger partial charge in [-0.1, -0.05) is 11.6 Å². The first kappa shape index (κ1) is 27.2. The van der Waals surface area contributed by atoms with Gasteiger partial charge in [0.25, 0.3) is 11.5 Å². The number of amides is 1. The topological polar surface area (TPSA) is 84.3 Å². The molecule has 1 amide bonds. The molecule has 0 bridgehead atoms. The molecular formula is C29H36N4O5. The number of rotatable bonds is 8. The predicted molar refractivity (Wildman–Crippen MR) is 149 cm³/mol. The highest BCUT2D eigenvalue weighted by Gasteiger charge is 2.30. The molecule has 1 fully saturated rings.